The van der Waals surface area contributed by atoms with Crippen molar-refractivity contribution in [2.75, 3.05) is 0 Å². The Morgan fingerprint density at radius 3 is 0.763 bits per heavy atom. The van der Waals surface area contributed by atoms with Crippen molar-refractivity contribution in [3.63, 3.8) is 0 Å². The average Bonchev–Trinajstić information content (AvgIpc) is 2.81. The van der Waals surface area contributed by atoms with Gasteiger partial charge < -0.3 is 19.2 Å². The minimum absolute atomic E-state index is 0.209. The molecule has 3 aromatic carbocycles. The van der Waals surface area contributed by atoms with Gasteiger partial charge in [0.1, 0.15) is 15.1 Å². The van der Waals surface area contributed by atoms with Crippen molar-refractivity contribution in [2.45, 2.75) is 0 Å². The molecule has 0 atom stereocenters. The molecular formula is C18H6Cl9N6O4P. The fourth-order valence-corrected chi connectivity index (χ4v) is 3.50. The Labute approximate surface area is 259 Å². The molecule has 0 N–H and O–H groups in total. The highest BCUT2D eigenvalue weighted by molar-refractivity contribution is 7.40. The standard InChI is InChI=1S/3C6H2Cl3N2.H3O4P/c3*7-3-1-5(9)6(11-10)2-4(3)8;1-5(2,3)4/h3*1-2H;(H3,1,2,3,4)/q3*+1;/p-3. The molecule has 0 aliphatic heterocycles. The maximum atomic E-state index is 8.55. The maximum absolute atomic E-state index is 8.55. The van der Waals surface area contributed by atoms with Gasteiger partial charge in [-0.3, -0.25) is 0 Å². The van der Waals surface area contributed by atoms with Crippen molar-refractivity contribution >= 4 is 129 Å². The van der Waals surface area contributed by atoms with Crippen molar-refractivity contribution in [3.05, 3.63) is 96.5 Å². The first kappa shape index (κ1) is 36.6. The van der Waals surface area contributed by atoms with Gasteiger partial charge >= 0.3 is 17.1 Å². The zero-order chi connectivity index (χ0) is 29.8. The molecule has 0 aliphatic carbocycles. The fraction of sp³-hybridized carbons (Fsp3) is 0. The lowest BCUT2D eigenvalue weighted by molar-refractivity contribution is -0.432. The normalized spacial score (nSPS) is 9.61. The van der Waals surface area contributed by atoms with Gasteiger partial charge in [0, 0.05) is 0 Å². The summed E-state index contributed by atoms with van der Waals surface area (Å²) in [5, 5.41) is 27.9. The predicted octanol–water partition coefficient (Wildman–Crippen LogP) is 9.57. The van der Waals surface area contributed by atoms with Gasteiger partial charge in [-0.05, 0) is 18.2 Å². The van der Waals surface area contributed by atoms with E-state index in [9.17, 15) is 0 Å². The number of rotatable bonds is 0. The highest BCUT2D eigenvalue weighted by Gasteiger charge is 2.16. The van der Waals surface area contributed by atoms with Gasteiger partial charge in [-0.25, -0.2) is 0 Å². The molecule has 0 saturated heterocycles. The van der Waals surface area contributed by atoms with Crippen molar-refractivity contribution in [2.24, 2.45) is 0 Å². The SMILES string of the molecule is N#[N+]c1cc(Cl)c(Cl)cc1Cl.N#[N+]c1cc(Cl)c(Cl)cc1Cl.N#[N+]c1cc(Cl)c(Cl)cc1Cl.O=P([O-])([O-])[O-]. The molecule has 0 saturated carbocycles. The lowest BCUT2D eigenvalue weighted by atomic mass is 10.3. The Kier molecular flexibility index (Phi) is 16.7. The number of hydrogen-bond donors (Lipinski definition) is 0. The number of benzene rings is 3. The molecule has 3 rings (SSSR count). The van der Waals surface area contributed by atoms with E-state index in [0.717, 1.165) is 0 Å². The molecule has 0 fully saturated rings. The monoisotopic (exact) mass is 716 g/mol. The van der Waals surface area contributed by atoms with Crippen LogP contribution in [0.25, 0.3) is 14.9 Å². The van der Waals surface area contributed by atoms with Crippen LogP contribution in [0.2, 0.25) is 45.2 Å². The molecule has 0 spiro atoms. The molecule has 3 aromatic rings. The van der Waals surface area contributed by atoms with Crippen molar-refractivity contribution in [1.29, 1.82) is 16.2 Å². The molecule has 0 amide bonds. The zero-order valence-electron chi connectivity index (χ0n) is 17.6. The minimum Gasteiger partial charge on any atom is -0.822 e. The van der Waals surface area contributed by atoms with Gasteiger partial charge in [-0.1, -0.05) is 104 Å². The first-order valence-corrected chi connectivity index (χ1v) is 13.5. The number of diazo groups is 3. The molecule has 0 aromatic heterocycles. The van der Waals surface area contributed by atoms with E-state index >= 15 is 0 Å². The van der Waals surface area contributed by atoms with E-state index in [1.807, 2.05) is 0 Å². The second-order valence-corrected chi connectivity index (χ2v) is 10.5. The molecule has 200 valence electrons. The van der Waals surface area contributed by atoms with E-state index in [0.29, 0.717) is 30.1 Å². The van der Waals surface area contributed by atoms with Crippen molar-refractivity contribution < 1.29 is 19.2 Å². The van der Waals surface area contributed by atoms with Gasteiger partial charge in [0.2, 0.25) is 16.2 Å². The summed E-state index contributed by atoms with van der Waals surface area (Å²) >= 11 is 50.4. The van der Waals surface area contributed by atoms with E-state index in [4.69, 9.17) is 140 Å². The third-order valence-corrected chi connectivity index (χ3v) is 6.37. The summed E-state index contributed by atoms with van der Waals surface area (Å²) in [6.07, 6.45) is 0. The molecule has 20 heteroatoms. The average molecular weight is 720 g/mol. The lowest BCUT2D eigenvalue weighted by Crippen LogP contribution is -2.24. The summed E-state index contributed by atoms with van der Waals surface area (Å²) in [5.41, 5.74) is 0.628. The van der Waals surface area contributed by atoms with Crippen LogP contribution in [0.4, 0.5) is 17.1 Å². The van der Waals surface area contributed by atoms with Crippen LogP contribution in [0.15, 0.2) is 36.4 Å². The first-order chi connectivity index (χ1) is 17.4. The topological polar surface area (TPSA) is 171 Å². The van der Waals surface area contributed by atoms with Gasteiger partial charge in [-0.2, -0.15) is 7.82 Å². The molecule has 0 bridgehead atoms. The molecule has 0 radical (unpaired) electrons. The van der Waals surface area contributed by atoms with Gasteiger partial charge in [0.25, 0.3) is 0 Å². The smallest absolute Gasteiger partial charge is 0.404 e. The van der Waals surface area contributed by atoms with E-state index < -0.39 is 7.82 Å². The Hall–Kier alpha value is -1.36. The van der Waals surface area contributed by atoms with Crippen LogP contribution in [0.5, 0.6) is 0 Å². The van der Waals surface area contributed by atoms with Crippen LogP contribution in [0, 0.1) is 16.2 Å². The Bertz CT molecular complexity index is 1320. The van der Waals surface area contributed by atoms with E-state index in [1.165, 1.54) is 36.4 Å². The predicted molar refractivity (Wildman–Crippen MR) is 146 cm³/mol. The minimum atomic E-state index is -5.39. The second-order valence-electron chi connectivity index (χ2n) is 5.90. The number of nitrogens with zero attached hydrogens (tertiary/aromatic N) is 6. The quantitative estimate of drug-likeness (QED) is 0.126. The van der Waals surface area contributed by atoms with E-state index in [-0.39, 0.29) is 32.1 Å². The van der Waals surface area contributed by atoms with E-state index in [1.54, 1.807) is 0 Å². The third-order valence-electron chi connectivity index (χ3n) is 3.29. The van der Waals surface area contributed by atoms with Gasteiger partial charge in [0.15, 0.2) is 14.9 Å². The lowest BCUT2D eigenvalue weighted by Gasteiger charge is -2.36. The van der Waals surface area contributed by atoms with Crippen LogP contribution < -0.4 is 14.7 Å². The number of phosphoric acid groups is 1. The Morgan fingerprint density at radius 2 is 0.605 bits per heavy atom. The maximum Gasteiger partial charge on any atom is 0.404 e. The summed E-state index contributed by atoms with van der Waals surface area (Å²) in [4.78, 5) is 34.3. The van der Waals surface area contributed by atoms with Crippen LogP contribution in [-0.4, -0.2) is 0 Å². The largest absolute Gasteiger partial charge is 0.822 e. The van der Waals surface area contributed by atoms with Crippen LogP contribution in [0.3, 0.4) is 0 Å². The molecule has 38 heavy (non-hydrogen) atoms. The Morgan fingerprint density at radius 1 is 0.447 bits per heavy atom. The third kappa shape index (κ3) is 14.1. The van der Waals surface area contributed by atoms with Crippen LogP contribution in [-0.2, 0) is 4.57 Å². The molecule has 0 aliphatic rings. The van der Waals surface area contributed by atoms with E-state index in [2.05, 4.69) is 14.9 Å². The summed E-state index contributed by atoms with van der Waals surface area (Å²) in [7, 11) is -5.39. The molecular weight excluding hydrogens is 714 g/mol. The number of hydrogen-bond acceptors (Lipinski definition) is 7. The number of halogens is 9. The molecule has 0 unspecified atom stereocenters. The van der Waals surface area contributed by atoms with Crippen molar-refractivity contribution in [3.8, 4) is 0 Å². The zero-order valence-corrected chi connectivity index (χ0v) is 25.3. The summed E-state index contributed by atoms with van der Waals surface area (Å²) in [5.74, 6) is 0. The van der Waals surface area contributed by atoms with Crippen LogP contribution >= 0.6 is 112 Å². The van der Waals surface area contributed by atoms with Crippen molar-refractivity contribution in [1.82, 2.24) is 0 Å². The first-order valence-electron chi connectivity index (χ1n) is 8.67. The summed E-state index contributed by atoms with van der Waals surface area (Å²) < 4.78 is 8.55. The fourth-order valence-electron chi connectivity index (χ4n) is 1.77. The highest BCUT2D eigenvalue weighted by Crippen LogP contribution is 2.35. The summed E-state index contributed by atoms with van der Waals surface area (Å²) in [6.45, 7) is 0. The van der Waals surface area contributed by atoms with Crippen LogP contribution in [0.1, 0.15) is 0 Å². The van der Waals surface area contributed by atoms with Gasteiger partial charge in [-0.15, -0.1) is 0 Å². The second kappa shape index (κ2) is 17.4. The molecule has 10 nitrogen and oxygen atoms in total. The van der Waals surface area contributed by atoms with Gasteiger partial charge in [0.05, 0.1) is 48.3 Å². The molecule has 0 heterocycles. The summed E-state index contributed by atoms with van der Waals surface area (Å²) in [6, 6.07) is 8.40. The highest BCUT2D eigenvalue weighted by atomic mass is 35.5. The Balaban J connectivity index is 0.000000497.